The largest absolute Gasteiger partial charge is 0.480 e. The summed E-state index contributed by atoms with van der Waals surface area (Å²) in [7, 11) is 0. The Balaban J connectivity index is 2.30. The Morgan fingerprint density at radius 3 is 2.87 bits per heavy atom. The van der Waals surface area contributed by atoms with Crippen LogP contribution >= 0.6 is 0 Å². The van der Waals surface area contributed by atoms with E-state index < -0.39 is 5.97 Å². The Morgan fingerprint density at radius 2 is 2.20 bits per heavy atom. The van der Waals surface area contributed by atoms with Crippen LogP contribution in [0.4, 0.5) is 5.69 Å². The number of aryl methyl sites for hydroxylation is 1. The fourth-order valence-corrected chi connectivity index (χ4v) is 2.20. The van der Waals surface area contributed by atoms with Crippen molar-refractivity contribution in [3.05, 3.63) is 29.8 Å². The molecule has 0 bridgehead atoms. The molecule has 1 aromatic carbocycles. The highest BCUT2D eigenvalue weighted by molar-refractivity contribution is 5.79. The standard InChI is InChI=1S/C12H15NO2/c1-9-5-2-3-6-10(9)13-8-4-7-11(13)12(14)15/h2-3,5-6,11H,4,7-8H2,1H3,(H,14,15)/t11-/m0/s1. The molecule has 0 aromatic heterocycles. The summed E-state index contributed by atoms with van der Waals surface area (Å²) in [6.45, 7) is 2.87. The van der Waals surface area contributed by atoms with Crippen LogP contribution in [0.1, 0.15) is 18.4 Å². The van der Waals surface area contributed by atoms with Crippen LogP contribution in [0.25, 0.3) is 0 Å². The number of rotatable bonds is 2. The van der Waals surface area contributed by atoms with Crippen molar-refractivity contribution in [1.82, 2.24) is 0 Å². The van der Waals surface area contributed by atoms with Gasteiger partial charge < -0.3 is 10.0 Å². The van der Waals surface area contributed by atoms with E-state index >= 15 is 0 Å². The molecule has 1 heterocycles. The third-order valence-corrected chi connectivity index (χ3v) is 2.96. The predicted molar refractivity (Wildman–Crippen MR) is 59.2 cm³/mol. The zero-order chi connectivity index (χ0) is 10.8. The number of hydrogen-bond acceptors (Lipinski definition) is 2. The first kappa shape index (κ1) is 10.0. The quantitative estimate of drug-likeness (QED) is 0.803. The van der Waals surface area contributed by atoms with E-state index in [0.717, 1.165) is 30.6 Å². The lowest BCUT2D eigenvalue weighted by molar-refractivity contribution is -0.138. The van der Waals surface area contributed by atoms with Gasteiger partial charge >= 0.3 is 5.97 Å². The van der Waals surface area contributed by atoms with Crippen LogP contribution in [0.3, 0.4) is 0 Å². The maximum absolute atomic E-state index is 11.1. The van der Waals surface area contributed by atoms with Crippen LogP contribution in [0.5, 0.6) is 0 Å². The minimum atomic E-state index is -0.712. The Hall–Kier alpha value is -1.51. The lowest BCUT2D eigenvalue weighted by atomic mass is 10.1. The predicted octanol–water partition coefficient (Wildman–Crippen LogP) is 2.05. The highest BCUT2D eigenvalue weighted by Gasteiger charge is 2.30. The number of carboxylic acid groups (broad SMARTS) is 1. The molecule has 1 aromatic rings. The molecule has 80 valence electrons. The lowest BCUT2D eigenvalue weighted by Crippen LogP contribution is -2.36. The summed E-state index contributed by atoms with van der Waals surface area (Å²) >= 11 is 0. The molecule has 1 atom stereocenters. The van der Waals surface area contributed by atoms with Gasteiger partial charge in [-0.1, -0.05) is 18.2 Å². The van der Waals surface area contributed by atoms with Gasteiger partial charge in [0.05, 0.1) is 0 Å². The Kier molecular flexibility index (Phi) is 2.62. The van der Waals surface area contributed by atoms with Crippen molar-refractivity contribution in [3.63, 3.8) is 0 Å². The summed E-state index contributed by atoms with van der Waals surface area (Å²) in [5.41, 5.74) is 2.20. The first-order valence-corrected chi connectivity index (χ1v) is 5.25. The minimum absolute atomic E-state index is 0.342. The molecular formula is C12H15NO2. The molecule has 0 saturated carbocycles. The van der Waals surface area contributed by atoms with Gasteiger partial charge in [0.1, 0.15) is 6.04 Å². The molecule has 1 N–H and O–H groups in total. The van der Waals surface area contributed by atoms with Gasteiger partial charge in [-0.05, 0) is 31.4 Å². The van der Waals surface area contributed by atoms with E-state index in [0.29, 0.717) is 0 Å². The number of anilines is 1. The van der Waals surface area contributed by atoms with Gasteiger partial charge in [-0.3, -0.25) is 0 Å². The molecule has 0 unspecified atom stereocenters. The minimum Gasteiger partial charge on any atom is -0.480 e. The summed E-state index contributed by atoms with van der Waals surface area (Å²) in [5.74, 6) is -0.712. The Labute approximate surface area is 89.3 Å². The number of hydrogen-bond donors (Lipinski definition) is 1. The summed E-state index contributed by atoms with van der Waals surface area (Å²) in [4.78, 5) is 13.1. The fraction of sp³-hybridized carbons (Fsp3) is 0.417. The molecule has 0 radical (unpaired) electrons. The van der Waals surface area contributed by atoms with E-state index in [2.05, 4.69) is 0 Å². The molecule has 1 aliphatic rings. The lowest BCUT2D eigenvalue weighted by Gasteiger charge is -2.25. The zero-order valence-electron chi connectivity index (χ0n) is 8.81. The van der Waals surface area contributed by atoms with Gasteiger partial charge in [0.25, 0.3) is 0 Å². The Bertz CT molecular complexity index is 376. The molecule has 15 heavy (non-hydrogen) atoms. The number of benzene rings is 1. The van der Waals surface area contributed by atoms with Gasteiger partial charge in [0.2, 0.25) is 0 Å². The highest BCUT2D eigenvalue weighted by atomic mass is 16.4. The molecule has 1 aliphatic heterocycles. The van der Waals surface area contributed by atoms with Crippen LogP contribution in [0.15, 0.2) is 24.3 Å². The SMILES string of the molecule is Cc1ccccc1N1CCC[C@H]1C(=O)O. The van der Waals surface area contributed by atoms with Crippen molar-refractivity contribution in [2.24, 2.45) is 0 Å². The molecule has 0 amide bonds. The zero-order valence-corrected chi connectivity index (χ0v) is 8.81. The molecule has 0 spiro atoms. The van der Waals surface area contributed by atoms with Gasteiger partial charge in [-0.25, -0.2) is 4.79 Å². The maximum Gasteiger partial charge on any atom is 0.326 e. The molecule has 1 saturated heterocycles. The number of carboxylic acids is 1. The molecule has 2 rings (SSSR count). The van der Waals surface area contributed by atoms with Gasteiger partial charge in [-0.15, -0.1) is 0 Å². The number of aliphatic carboxylic acids is 1. The van der Waals surface area contributed by atoms with E-state index in [1.165, 1.54) is 0 Å². The fourth-order valence-electron chi connectivity index (χ4n) is 2.20. The van der Waals surface area contributed by atoms with Crippen molar-refractivity contribution in [3.8, 4) is 0 Å². The third-order valence-electron chi connectivity index (χ3n) is 2.96. The van der Waals surface area contributed by atoms with Crippen LogP contribution in [-0.2, 0) is 4.79 Å². The van der Waals surface area contributed by atoms with E-state index in [-0.39, 0.29) is 6.04 Å². The average molecular weight is 205 g/mol. The van der Waals surface area contributed by atoms with Crippen molar-refractivity contribution in [2.45, 2.75) is 25.8 Å². The Morgan fingerprint density at radius 1 is 1.47 bits per heavy atom. The van der Waals surface area contributed by atoms with Crippen LogP contribution in [-0.4, -0.2) is 23.7 Å². The highest BCUT2D eigenvalue weighted by Crippen LogP contribution is 2.28. The summed E-state index contributed by atoms with van der Waals surface area (Å²) in [5, 5.41) is 9.09. The number of nitrogens with zero attached hydrogens (tertiary/aromatic N) is 1. The van der Waals surface area contributed by atoms with Gasteiger partial charge in [0, 0.05) is 12.2 Å². The van der Waals surface area contributed by atoms with E-state index in [1.54, 1.807) is 0 Å². The van der Waals surface area contributed by atoms with Gasteiger partial charge in [-0.2, -0.15) is 0 Å². The van der Waals surface area contributed by atoms with Gasteiger partial charge in [0.15, 0.2) is 0 Å². The van der Waals surface area contributed by atoms with Crippen LogP contribution < -0.4 is 4.90 Å². The number of para-hydroxylation sites is 1. The average Bonchev–Trinajstić information content (AvgIpc) is 2.67. The normalized spacial score (nSPS) is 20.6. The molecular weight excluding hydrogens is 190 g/mol. The monoisotopic (exact) mass is 205 g/mol. The molecule has 1 fully saturated rings. The maximum atomic E-state index is 11.1. The van der Waals surface area contributed by atoms with Crippen molar-refractivity contribution >= 4 is 11.7 Å². The third kappa shape index (κ3) is 1.82. The van der Waals surface area contributed by atoms with Crippen molar-refractivity contribution < 1.29 is 9.90 Å². The first-order chi connectivity index (χ1) is 7.20. The summed E-state index contributed by atoms with van der Waals surface area (Å²) in [6, 6.07) is 7.61. The van der Waals surface area contributed by atoms with Crippen molar-refractivity contribution in [1.29, 1.82) is 0 Å². The van der Waals surface area contributed by atoms with Crippen LogP contribution in [0, 0.1) is 6.92 Å². The second kappa shape index (κ2) is 3.93. The molecule has 3 heteroatoms. The number of carbonyl (C=O) groups is 1. The van der Waals surface area contributed by atoms with Crippen molar-refractivity contribution in [2.75, 3.05) is 11.4 Å². The second-order valence-electron chi connectivity index (χ2n) is 3.98. The van der Waals surface area contributed by atoms with Crippen LogP contribution in [0.2, 0.25) is 0 Å². The van der Waals surface area contributed by atoms with E-state index in [1.807, 2.05) is 36.1 Å². The topological polar surface area (TPSA) is 40.5 Å². The smallest absolute Gasteiger partial charge is 0.326 e. The van der Waals surface area contributed by atoms with E-state index in [9.17, 15) is 4.79 Å². The molecule has 3 nitrogen and oxygen atoms in total. The van der Waals surface area contributed by atoms with E-state index in [4.69, 9.17) is 5.11 Å². The molecule has 0 aliphatic carbocycles. The summed E-state index contributed by atoms with van der Waals surface area (Å²) < 4.78 is 0. The second-order valence-corrected chi connectivity index (χ2v) is 3.98. The summed E-state index contributed by atoms with van der Waals surface area (Å²) in [6.07, 6.45) is 1.72. The first-order valence-electron chi connectivity index (χ1n) is 5.25.